The number of hydrogen-bond donors (Lipinski definition) is 0. The first-order valence-electron chi connectivity index (χ1n) is 10.2. The number of carbonyl (C=O) groups excluding carboxylic acids is 1. The number of ether oxygens (including phenoxy) is 2. The Morgan fingerprint density at radius 2 is 2.03 bits per heavy atom. The van der Waals surface area contributed by atoms with Crippen LogP contribution in [-0.2, 0) is 11.2 Å². The molecule has 6 nitrogen and oxygen atoms in total. The standard InChI is InChI=1S/C24H25N3O3/c1-15-20-13-18(9-11-21(20)27(26-15)23(28)30-24(2,3)4)29-22-7-5-6-17-12-16(14-25)8-10-19(17)22/h8-13,22H,5-7H2,1-4H3. The van der Waals surface area contributed by atoms with Crippen LogP contribution in [0.3, 0.4) is 0 Å². The fraction of sp³-hybridized carbons (Fsp3) is 0.375. The molecule has 0 N–H and O–H groups in total. The molecule has 1 aliphatic carbocycles. The Bertz CT molecular complexity index is 1160. The van der Waals surface area contributed by atoms with Crippen molar-refractivity contribution in [2.45, 2.75) is 58.7 Å². The molecule has 0 bridgehead atoms. The van der Waals surface area contributed by atoms with Crippen LogP contribution in [0.4, 0.5) is 4.79 Å². The van der Waals surface area contributed by atoms with Crippen LogP contribution in [0.2, 0.25) is 0 Å². The van der Waals surface area contributed by atoms with Gasteiger partial charge in [0.05, 0.1) is 22.8 Å². The van der Waals surface area contributed by atoms with Gasteiger partial charge in [0.15, 0.2) is 0 Å². The SMILES string of the molecule is Cc1nn(C(=O)OC(C)(C)C)c2ccc(OC3CCCc4cc(C#N)ccc43)cc12. The van der Waals surface area contributed by atoms with Gasteiger partial charge in [-0.1, -0.05) is 6.07 Å². The second kappa shape index (κ2) is 7.49. The van der Waals surface area contributed by atoms with Crippen LogP contribution < -0.4 is 4.74 Å². The van der Waals surface area contributed by atoms with Gasteiger partial charge < -0.3 is 9.47 Å². The molecule has 6 heteroatoms. The second-order valence-electron chi connectivity index (χ2n) is 8.68. The number of benzene rings is 2. The number of fused-ring (bicyclic) bond motifs is 2. The summed E-state index contributed by atoms with van der Waals surface area (Å²) in [6, 6.07) is 13.6. The summed E-state index contributed by atoms with van der Waals surface area (Å²) in [5.74, 6) is 0.733. The summed E-state index contributed by atoms with van der Waals surface area (Å²) in [7, 11) is 0. The van der Waals surface area contributed by atoms with Gasteiger partial charge in [-0.05, 0) is 88.4 Å². The summed E-state index contributed by atoms with van der Waals surface area (Å²) < 4.78 is 13.1. The van der Waals surface area contributed by atoms with Gasteiger partial charge in [-0.2, -0.15) is 15.0 Å². The number of hydrogen-bond acceptors (Lipinski definition) is 5. The second-order valence-corrected chi connectivity index (χ2v) is 8.68. The van der Waals surface area contributed by atoms with Gasteiger partial charge in [0.2, 0.25) is 0 Å². The smallest absolute Gasteiger partial charge is 0.435 e. The van der Waals surface area contributed by atoms with E-state index in [0.717, 1.165) is 41.7 Å². The number of nitriles is 1. The van der Waals surface area contributed by atoms with Crippen molar-refractivity contribution in [1.82, 2.24) is 9.78 Å². The molecule has 154 valence electrons. The van der Waals surface area contributed by atoms with Crippen LogP contribution in [0.5, 0.6) is 5.75 Å². The van der Waals surface area contributed by atoms with Crippen molar-refractivity contribution in [1.29, 1.82) is 5.26 Å². The third kappa shape index (κ3) is 3.88. The first-order valence-corrected chi connectivity index (χ1v) is 10.2. The van der Waals surface area contributed by atoms with Gasteiger partial charge in [0, 0.05) is 5.39 Å². The van der Waals surface area contributed by atoms with Crippen molar-refractivity contribution in [2.24, 2.45) is 0 Å². The first kappa shape index (κ1) is 20.0. The van der Waals surface area contributed by atoms with Crippen LogP contribution in [-0.4, -0.2) is 21.5 Å². The van der Waals surface area contributed by atoms with E-state index in [-0.39, 0.29) is 6.10 Å². The monoisotopic (exact) mass is 403 g/mol. The number of aryl methyl sites for hydroxylation is 2. The fourth-order valence-corrected chi connectivity index (χ4v) is 3.89. The average molecular weight is 403 g/mol. The molecule has 0 fully saturated rings. The summed E-state index contributed by atoms with van der Waals surface area (Å²) >= 11 is 0. The molecule has 1 aromatic heterocycles. The topological polar surface area (TPSA) is 77.1 Å². The molecule has 4 rings (SSSR count). The largest absolute Gasteiger partial charge is 0.486 e. The normalized spacial score (nSPS) is 16.0. The van der Waals surface area contributed by atoms with E-state index in [2.05, 4.69) is 11.2 Å². The molecule has 0 spiro atoms. The molecular formula is C24H25N3O3. The molecular weight excluding hydrogens is 378 g/mol. The predicted octanol–water partition coefficient (Wildman–Crippen LogP) is 5.46. The minimum atomic E-state index is -0.591. The molecule has 0 radical (unpaired) electrons. The Morgan fingerprint density at radius 1 is 1.23 bits per heavy atom. The van der Waals surface area contributed by atoms with E-state index in [9.17, 15) is 4.79 Å². The van der Waals surface area contributed by atoms with E-state index in [1.54, 1.807) is 0 Å². The lowest BCUT2D eigenvalue weighted by atomic mass is 9.88. The molecule has 0 saturated heterocycles. The minimum Gasteiger partial charge on any atom is -0.486 e. The third-order valence-electron chi connectivity index (χ3n) is 5.21. The molecule has 1 heterocycles. The van der Waals surface area contributed by atoms with Gasteiger partial charge in [0.1, 0.15) is 17.5 Å². The maximum atomic E-state index is 12.5. The van der Waals surface area contributed by atoms with Crippen molar-refractivity contribution in [3.05, 3.63) is 58.8 Å². The molecule has 2 aromatic carbocycles. The molecule has 1 unspecified atom stereocenters. The Balaban J connectivity index is 1.62. The van der Waals surface area contributed by atoms with E-state index in [1.807, 2.05) is 64.1 Å². The quantitative estimate of drug-likeness (QED) is 0.568. The number of rotatable bonds is 2. The van der Waals surface area contributed by atoms with Crippen LogP contribution in [0.1, 0.15) is 62.1 Å². The third-order valence-corrected chi connectivity index (χ3v) is 5.21. The van der Waals surface area contributed by atoms with Gasteiger partial charge in [-0.25, -0.2) is 4.79 Å². The van der Waals surface area contributed by atoms with Crippen molar-refractivity contribution in [3.8, 4) is 11.8 Å². The van der Waals surface area contributed by atoms with Crippen LogP contribution in [0.15, 0.2) is 36.4 Å². The number of nitrogens with zero attached hydrogens (tertiary/aromatic N) is 3. The molecule has 3 aromatic rings. The first-order chi connectivity index (χ1) is 14.2. The average Bonchev–Trinajstić information content (AvgIpc) is 3.03. The zero-order chi connectivity index (χ0) is 21.5. The maximum Gasteiger partial charge on any atom is 0.435 e. The highest BCUT2D eigenvalue weighted by molar-refractivity contribution is 5.90. The predicted molar refractivity (Wildman–Crippen MR) is 114 cm³/mol. The summed E-state index contributed by atoms with van der Waals surface area (Å²) in [6.07, 6.45) is 2.35. The molecule has 30 heavy (non-hydrogen) atoms. The van der Waals surface area contributed by atoms with Crippen molar-refractivity contribution < 1.29 is 14.3 Å². The van der Waals surface area contributed by atoms with Crippen molar-refractivity contribution >= 4 is 17.0 Å². The summed E-state index contributed by atoms with van der Waals surface area (Å²) in [6.45, 7) is 7.36. The van der Waals surface area contributed by atoms with Gasteiger partial charge in [0.25, 0.3) is 0 Å². The van der Waals surface area contributed by atoms with Crippen molar-refractivity contribution in [2.75, 3.05) is 0 Å². The molecule has 1 atom stereocenters. The molecule has 0 amide bonds. The minimum absolute atomic E-state index is 0.0554. The molecule has 1 aliphatic rings. The fourth-order valence-electron chi connectivity index (χ4n) is 3.89. The highest BCUT2D eigenvalue weighted by atomic mass is 16.6. The Kier molecular flexibility index (Phi) is 4.98. The van der Waals surface area contributed by atoms with E-state index in [4.69, 9.17) is 14.7 Å². The summed E-state index contributed by atoms with van der Waals surface area (Å²) in [5.41, 5.74) is 3.84. The van der Waals surface area contributed by atoms with Crippen molar-refractivity contribution in [3.63, 3.8) is 0 Å². The zero-order valence-corrected chi connectivity index (χ0v) is 17.7. The van der Waals surface area contributed by atoms with Crippen LogP contribution in [0, 0.1) is 18.3 Å². The van der Waals surface area contributed by atoms with E-state index in [0.29, 0.717) is 11.1 Å². The Hall–Kier alpha value is -3.33. The zero-order valence-electron chi connectivity index (χ0n) is 17.7. The number of aromatic nitrogens is 2. The lowest BCUT2D eigenvalue weighted by Crippen LogP contribution is -2.27. The Labute approximate surface area is 176 Å². The van der Waals surface area contributed by atoms with E-state index < -0.39 is 11.7 Å². The van der Waals surface area contributed by atoms with Crippen LogP contribution in [0.25, 0.3) is 10.9 Å². The highest BCUT2D eigenvalue weighted by Gasteiger charge is 2.24. The molecule has 0 aliphatic heterocycles. The maximum absolute atomic E-state index is 12.5. The Morgan fingerprint density at radius 3 is 2.77 bits per heavy atom. The highest BCUT2D eigenvalue weighted by Crippen LogP contribution is 2.35. The van der Waals surface area contributed by atoms with Crippen LogP contribution >= 0.6 is 0 Å². The summed E-state index contributed by atoms with van der Waals surface area (Å²) in [5, 5.41) is 14.4. The van der Waals surface area contributed by atoms with Gasteiger partial charge in [-0.3, -0.25) is 0 Å². The number of carbonyl (C=O) groups is 1. The van der Waals surface area contributed by atoms with Gasteiger partial charge >= 0.3 is 6.09 Å². The summed E-state index contributed by atoms with van der Waals surface area (Å²) in [4.78, 5) is 12.5. The molecule has 0 saturated carbocycles. The van der Waals surface area contributed by atoms with Gasteiger partial charge in [-0.15, -0.1) is 0 Å². The lowest BCUT2D eigenvalue weighted by molar-refractivity contribution is 0.0522. The lowest BCUT2D eigenvalue weighted by Gasteiger charge is -2.26. The van der Waals surface area contributed by atoms with E-state index >= 15 is 0 Å². The van der Waals surface area contributed by atoms with E-state index in [1.165, 1.54) is 10.2 Å².